The van der Waals surface area contributed by atoms with E-state index >= 15 is 0 Å². The van der Waals surface area contributed by atoms with Crippen molar-refractivity contribution in [2.24, 2.45) is 14.1 Å². The van der Waals surface area contributed by atoms with Crippen LogP contribution in [0.15, 0.2) is 42.7 Å². The van der Waals surface area contributed by atoms with Crippen LogP contribution in [-0.2, 0) is 23.6 Å². The molecule has 280 valence electrons. The maximum absolute atomic E-state index is 12.7. The minimum absolute atomic E-state index is 0.00941. The zero-order valence-corrected chi connectivity index (χ0v) is 31.3. The second-order valence-corrected chi connectivity index (χ2v) is 12.1. The van der Waals surface area contributed by atoms with E-state index in [1.807, 2.05) is 0 Å². The van der Waals surface area contributed by atoms with Gasteiger partial charge in [-0.2, -0.15) is 30.0 Å². The lowest BCUT2D eigenvalue weighted by Crippen LogP contribution is -2.21. The van der Waals surface area contributed by atoms with E-state index in [2.05, 4.69) is 41.2 Å². The van der Waals surface area contributed by atoms with Gasteiger partial charge in [-0.25, -0.2) is 9.59 Å². The van der Waals surface area contributed by atoms with Crippen molar-refractivity contribution < 1.29 is 33.3 Å². The molecule has 4 N–H and O–H groups in total. The first kappa shape index (κ1) is 39.5. The fourth-order valence-corrected chi connectivity index (χ4v) is 4.98. The largest absolute Gasteiger partial charge is 0.494 e. The molecule has 3 heterocycles. The molecule has 0 radical (unpaired) electrons. The van der Waals surface area contributed by atoms with Crippen molar-refractivity contribution in [2.45, 2.75) is 39.9 Å². The number of benzene rings is 2. The summed E-state index contributed by atoms with van der Waals surface area (Å²) in [7, 11) is 7.84. The quantitative estimate of drug-likeness (QED) is 0.127. The van der Waals surface area contributed by atoms with Crippen molar-refractivity contribution in [1.82, 2.24) is 45.5 Å². The van der Waals surface area contributed by atoms with E-state index in [0.29, 0.717) is 51.0 Å². The summed E-state index contributed by atoms with van der Waals surface area (Å²) in [6.45, 7) is 7.08. The third kappa shape index (κ3) is 9.73. The molecule has 0 aliphatic rings. The maximum Gasteiger partial charge on any atom is 0.338 e. The van der Waals surface area contributed by atoms with Crippen LogP contribution in [0, 0.1) is 0 Å². The lowest BCUT2D eigenvalue weighted by molar-refractivity contribution is 0.0367. The van der Waals surface area contributed by atoms with Crippen molar-refractivity contribution in [1.29, 1.82) is 0 Å². The van der Waals surface area contributed by atoms with E-state index in [-0.39, 0.29) is 34.3 Å². The highest BCUT2D eigenvalue weighted by atomic mass is 35.5. The summed E-state index contributed by atoms with van der Waals surface area (Å²) in [5.74, 6) is -0.628. The molecule has 0 saturated heterocycles. The summed E-state index contributed by atoms with van der Waals surface area (Å²) in [5, 5.41) is 29.9. The van der Waals surface area contributed by atoms with E-state index in [4.69, 9.17) is 36.3 Å². The van der Waals surface area contributed by atoms with Gasteiger partial charge in [-0.05, 0) is 52.0 Å². The number of nitrogen functional groups attached to an aromatic ring is 1. The number of carbonyl (C=O) groups is 3. The number of ether oxygens (including phenoxy) is 4. The molecule has 53 heavy (non-hydrogen) atoms. The van der Waals surface area contributed by atoms with Crippen molar-refractivity contribution in [2.75, 3.05) is 32.3 Å². The average Bonchev–Trinajstić information content (AvgIpc) is 3.74. The molecule has 5 rings (SSSR count). The lowest BCUT2D eigenvalue weighted by Gasteiger charge is -2.17. The third-order valence-corrected chi connectivity index (χ3v) is 7.18. The van der Waals surface area contributed by atoms with Gasteiger partial charge >= 0.3 is 11.9 Å². The van der Waals surface area contributed by atoms with Gasteiger partial charge in [-0.15, -0.1) is 10.2 Å². The summed E-state index contributed by atoms with van der Waals surface area (Å²) in [6.07, 6.45) is 2.60. The number of hydrogen-bond acceptors (Lipinski definition) is 15. The number of anilines is 3. The number of nitrogens with two attached hydrogens (primary N) is 1. The molecule has 1 amide bonds. The van der Waals surface area contributed by atoms with E-state index in [1.165, 1.54) is 43.0 Å². The van der Waals surface area contributed by atoms with Crippen LogP contribution in [0.3, 0.4) is 0 Å². The van der Waals surface area contributed by atoms with Gasteiger partial charge in [-0.1, -0.05) is 11.6 Å². The maximum atomic E-state index is 12.7. The predicted octanol–water partition coefficient (Wildman–Crippen LogP) is 4.24. The number of carbonyl (C=O) groups excluding carboxylic acids is 3. The van der Waals surface area contributed by atoms with E-state index < -0.39 is 17.8 Å². The van der Waals surface area contributed by atoms with Crippen LogP contribution in [0.1, 0.15) is 58.9 Å². The van der Waals surface area contributed by atoms with Gasteiger partial charge in [0.25, 0.3) is 5.91 Å². The first-order chi connectivity index (χ1) is 25.1. The Hall–Kier alpha value is -6.30. The minimum Gasteiger partial charge on any atom is -0.494 e. The Morgan fingerprint density at radius 3 is 1.72 bits per heavy atom. The fourth-order valence-electron chi connectivity index (χ4n) is 4.83. The number of aryl methyl sites for hydroxylation is 2. The Morgan fingerprint density at radius 1 is 0.755 bits per heavy atom. The second kappa shape index (κ2) is 17.3. The molecule has 2 aromatic carbocycles. The molecule has 0 fully saturated rings. The molecule has 19 heteroatoms. The highest BCUT2D eigenvalue weighted by molar-refractivity contribution is 6.29. The SMILES string of the molecule is CNC(=O)c1nnc(Cl)cc1Nc1cc(C(=O)OC(C)C)cc(-c2cnn(C)n2)c1OC.COc1c(N)cc(C(=O)OC(C)C)cc1-c1cnn(C)n1. The number of aromatic nitrogens is 8. The first-order valence-corrected chi connectivity index (χ1v) is 16.4. The van der Waals surface area contributed by atoms with Crippen LogP contribution in [0.25, 0.3) is 22.5 Å². The Labute approximate surface area is 309 Å². The number of rotatable bonds is 11. The van der Waals surface area contributed by atoms with E-state index in [0.717, 1.165) is 0 Å². The highest BCUT2D eigenvalue weighted by Crippen LogP contribution is 2.39. The van der Waals surface area contributed by atoms with Gasteiger partial charge < -0.3 is 35.3 Å². The number of nitrogens with one attached hydrogen (secondary N) is 2. The molecule has 0 spiro atoms. The predicted molar refractivity (Wildman–Crippen MR) is 195 cm³/mol. The number of amides is 1. The van der Waals surface area contributed by atoms with Crippen LogP contribution in [0.4, 0.5) is 17.1 Å². The van der Waals surface area contributed by atoms with Crippen LogP contribution in [0.2, 0.25) is 5.15 Å². The molecule has 0 unspecified atom stereocenters. The number of halogens is 1. The average molecular weight is 750 g/mol. The Balaban J connectivity index is 0.000000258. The van der Waals surface area contributed by atoms with Gasteiger partial charge in [0.1, 0.15) is 11.4 Å². The topological polar surface area (TPSA) is 225 Å². The van der Waals surface area contributed by atoms with Crippen molar-refractivity contribution in [3.63, 3.8) is 0 Å². The lowest BCUT2D eigenvalue weighted by atomic mass is 10.0. The number of methoxy groups -OCH3 is 2. The third-order valence-electron chi connectivity index (χ3n) is 7.00. The number of hydrogen-bond donors (Lipinski definition) is 3. The van der Waals surface area contributed by atoms with Crippen molar-refractivity contribution >= 4 is 46.5 Å². The van der Waals surface area contributed by atoms with Crippen LogP contribution < -0.4 is 25.8 Å². The molecule has 3 aromatic heterocycles. The molecule has 0 aliphatic carbocycles. The Morgan fingerprint density at radius 2 is 1.26 bits per heavy atom. The molecular formula is C34H40ClN11O7. The monoisotopic (exact) mass is 749 g/mol. The zero-order chi connectivity index (χ0) is 39.0. The first-order valence-electron chi connectivity index (χ1n) is 16.0. The molecule has 0 saturated carbocycles. The Kier molecular flexibility index (Phi) is 12.9. The summed E-state index contributed by atoms with van der Waals surface area (Å²) < 4.78 is 21.5. The summed E-state index contributed by atoms with van der Waals surface area (Å²) >= 11 is 6.00. The number of esters is 2. The van der Waals surface area contributed by atoms with Gasteiger partial charge in [-0.3, -0.25) is 4.79 Å². The normalized spacial score (nSPS) is 10.7. The molecular weight excluding hydrogens is 710 g/mol. The Bertz CT molecular complexity index is 2110. The van der Waals surface area contributed by atoms with Crippen LogP contribution in [-0.4, -0.2) is 91.5 Å². The summed E-state index contributed by atoms with van der Waals surface area (Å²) in [6, 6.07) is 7.77. The molecule has 0 bridgehead atoms. The summed E-state index contributed by atoms with van der Waals surface area (Å²) in [4.78, 5) is 39.8. The second-order valence-electron chi connectivity index (χ2n) is 11.7. The summed E-state index contributed by atoms with van der Waals surface area (Å²) in [5.41, 5.74) is 9.68. The van der Waals surface area contributed by atoms with Gasteiger partial charge in [0, 0.05) is 38.3 Å². The standard InChI is InChI=1S/C20H22ClN7O4.C14H18N4O3/c1-10(2)32-20(30)11-6-12(15-9-23-28(4)27-15)18(31-5)14(7-11)24-13-8-16(21)25-26-17(13)19(29)22-3;1-8(2)21-14(19)9-5-10(12-7-16-18(3)17-12)13(20-4)11(15)6-9/h6-10H,1-5H3,(H,22,29)(H,24,25);5-8H,15H2,1-4H3. The van der Waals surface area contributed by atoms with Crippen LogP contribution in [0.5, 0.6) is 11.5 Å². The van der Waals surface area contributed by atoms with Crippen molar-refractivity contribution in [3.05, 3.63) is 64.7 Å². The molecule has 0 aliphatic heterocycles. The molecule has 5 aromatic rings. The van der Waals surface area contributed by atoms with Crippen molar-refractivity contribution in [3.8, 4) is 34.0 Å². The van der Waals surface area contributed by atoms with Gasteiger partial charge in [0.2, 0.25) is 0 Å². The minimum atomic E-state index is -0.534. The van der Waals surface area contributed by atoms with Gasteiger partial charge in [0.05, 0.1) is 67.0 Å². The van der Waals surface area contributed by atoms with E-state index in [1.54, 1.807) is 72.4 Å². The van der Waals surface area contributed by atoms with E-state index in [9.17, 15) is 14.4 Å². The molecule has 18 nitrogen and oxygen atoms in total. The highest BCUT2D eigenvalue weighted by Gasteiger charge is 2.23. The fraction of sp³-hybridized carbons (Fsp3) is 0.324. The van der Waals surface area contributed by atoms with Gasteiger partial charge in [0.15, 0.2) is 22.3 Å². The number of nitrogens with zero attached hydrogens (tertiary/aromatic N) is 8. The smallest absolute Gasteiger partial charge is 0.338 e. The van der Waals surface area contributed by atoms with Crippen LogP contribution >= 0.6 is 11.6 Å². The molecule has 0 atom stereocenters. The zero-order valence-electron chi connectivity index (χ0n) is 30.6.